The molecule has 0 radical (unpaired) electrons. The minimum absolute atomic E-state index is 0.0378. The Morgan fingerprint density at radius 2 is 2.36 bits per heavy atom. The largest absolute Gasteiger partial charge is 0.376 e. The van der Waals surface area contributed by atoms with Crippen molar-refractivity contribution >= 4 is 11.7 Å². The van der Waals surface area contributed by atoms with Gasteiger partial charge in [0, 0.05) is 38.0 Å². The molecule has 0 spiro atoms. The van der Waals surface area contributed by atoms with Crippen LogP contribution in [-0.4, -0.2) is 43.2 Å². The molecular formula is C17H25N3O2. The lowest BCUT2D eigenvalue weighted by Gasteiger charge is -2.31. The van der Waals surface area contributed by atoms with Crippen LogP contribution < -0.4 is 10.2 Å². The fourth-order valence-electron chi connectivity index (χ4n) is 3.24. The summed E-state index contributed by atoms with van der Waals surface area (Å²) in [6.45, 7) is 5.72. The zero-order valence-electron chi connectivity index (χ0n) is 13.3. The van der Waals surface area contributed by atoms with E-state index in [0.717, 1.165) is 38.4 Å². The van der Waals surface area contributed by atoms with Crippen molar-refractivity contribution in [3.63, 3.8) is 0 Å². The molecule has 120 valence electrons. The summed E-state index contributed by atoms with van der Waals surface area (Å²) in [5.41, 5.74) is 0.682. The Labute approximate surface area is 132 Å². The van der Waals surface area contributed by atoms with Crippen LogP contribution in [0.3, 0.4) is 0 Å². The Hall–Kier alpha value is -1.62. The topological polar surface area (TPSA) is 54.5 Å². The third kappa shape index (κ3) is 3.77. The second-order valence-corrected chi connectivity index (χ2v) is 6.44. The molecule has 2 aliphatic heterocycles. The van der Waals surface area contributed by atoms with E-state index >= 15 is 0 Å². The normalized spacial score (nSPS) is 25.2. The average molecular weight is 303 g/mol. The molecule has 3 rings (SSSR count). The second-order valence-electron chi connectivity index (χ2n) is 6.44. The van der Waals surface area contributed by atoms with Gasteiger partial charge in [0.05, 0.1) is 6.10 Å². The zero-order valence-corrected chi connectivity index (χ0v) is 13.3. The Morgan fingerprint density at radius 1 is 1.45 bits per heavy atom. The first-order chi connectivity index (χ1) is 10.7. The molecule has 2 aliphatic rings. The van der Waals surface area contributed by atoms with Gasteiger partial charge in [-0.3, -0.25) is 4.79 Å². The van der Waals surface area contributed by atoms with Crippen LogP contribution in [0.5, 0.6) is 0 Å². The lowest BCUT2D eigenvalue weighted by atomic mass is 10.0. The van der Waals surface area contributed by atoms with E-state index in [1.165, 1.54) is 12.8 Å². The van der Waals surface area contributed by atoms with Crippen LogP contribution in [0, 0.1) is 5.92 Å². The molecule has 0 saturated carbocycles. The summed E-state index contributed by atoms with van der Waals surface area (Å²) in [7, 11) is 0. The van der Waals surface area contributed by atoms with E-state index in [4.69, 9.17) is 4.74 Å². The zero-order chi connectivity index (χ0) is 15.4. The first-order valence-electron chi connectivity index (χ1n) is 8.33. The fourth-order valence-corrected chi connectivity index (χ4v) is 3.24. The van der Waals surface area contributed by atoms with Gasteiger partial charge in [0.1, 0.15) is 5.82 Å². The van der Waals surface area contributed by atoms with Crippen LogP contribution in [0.1, 0.15) is 43.0 Å². The lowest BCUT2D eigenvalue weighted by molar-refractivity contribution is 0.0857. The highest BCUT2D eigenvalue weighted by Gasteiger charge is 2.20. The number of aromatic nitrogens is 1. The maximum absolute atomic E-state index is 12.3. The minimum Gasteiger partial charge on any atom is -0.376 e. The summed E-state index contributed by atoms with van der Waals surface area (Å²) in [4.78, 5) is 19.0. The third-order valence-corrected chi connectivity index (χ3v) is 4.50. The second kappa shape index (κ2) is 7.09. The summed E-state index contributed by atoms with van der Waals surface area (Å²) >= 11 is 0. The van der Waals surface area contributed by atoms with Crippen molar-refractivity contribution in [1.29, 1.82) is 0 Å². The average Bonchev–Trinajstić information content (AvgIpc) is 3.06. The monoisotopic (exact) mass is 303 g/mol. The third-order valence-electron chi connectivity index (χ3n) is 4.50. The number of carbonyl (C=O) groups is 1. The molecular weight excluding hydrogens is 278 g/mol. The molecule has 0 aromatic carbocycles. The first kappa shape index (κ1) is 15.3. The number of nitrogens with zero attached hydrogens (tertiary/aromatic N) is 2. The van der Waals surface area contributed by atoms with E-state index in [9.17, 15) is 4.79 Å². The summed E-state index contributed by atoms with van der Waals surface area (Å²) in [6.07, 6.45) is 6.50. The highest BCUT2D eigenvalue weighted by atomic mass is 16.5. The molecule has 2 atom stereocenters. The molecule has 5 nitrogen and oxygen atoms in total. The molecule has 2 fully saturated rings. The molecule has 0 bridgehead atoms. The van der Waals surface area contributed by atoms with Gasteiger partial charge in [0.15, 0.2) is 0 Å². The predicted molar refractivity (Wildman–Crippen MR) is 86.2 cm³/mol. The van der Waals surface area contributed by atoms with Crippen LogP contribution in [0.4, 0.5) is 5.82 Å². The summed E-state index contributed by atoms with van der Waals surface area (Å²) in [6, 6.07) is 3.69. The number of anilines is 1. The SMILES string of the molecule is CC1CCCN(c2cc(C(=O)NCC3CCCO3)ccn2)C1. The Morgan fingerprint density at radius 3 is 3.14 bits per heavy atom. The van der Waals surface area contributed by atoms with Crippen LogP contribution in [-0.2, 0) is 4.74 Å². The van der Waals surface area contributed by atoms with Crippen molar-refractivity contribution in [3.05, 3.63) is 23.9 Å². The highest BCUT2D eigenvalue weighted by Crippen LogP contribution is 2.21. The Kier molecular flexibility index (Phi) is 4.93. The van der Waals surface area contributed by atoms with Gasteiger partial charge in [-0.25, -0.2) is 4.98 Å². The van der Waals surface area contributed by atoms with Gasteiger partial charge >= 0.3 is 0 Å². The molecule has 5 heteroatoms. The number of hydrogen-bond donors (Lipinski definition) is 1. The Bertz CT molecular complexity index is 514. The molecule has 0 aliphatic carbocycles. The van der Waals surface area contributed by atoms with Crippen LogP contribution >= 0.6 is 0 Å². The van der Waals surface area contributed by atoms with E-state index in [1.807, 2.05) is 6.07 Å². The van der Waals surface area contributed by atoms with E-state index < -0.39 is 0 Å². The number of pyridine rings is 1. The van der Waals surface area contributed by atoms with Crippen molar-refractivity contribution in [2.24, 2.45) is 5.92 Å². The number of ether oxygens (including phenoxy) is 1. The lowest BCUT2D eigenvalue weighted by Crippen LogP contribution is -2.35. The molecule has 1 N–H and O–H groups in total. The van der Waals surface area contributed by atoms with Gasteiger partial charge in [0.25, 0.3) is 5.91 Å². The number of hydrogen-bond acceptors (Lipinski definition) is 4. The van der Waals surface area contributed by atoms with E-state index in [2.05, 4.69) is 22.1 Å². The van der Waals surface area contributed by atoms with E-state index in [1.54, 1.807) is 12.3 Å². The highest BCUT2D eigenvalue weighted by molar-refractivity contribution is 5.94. The van der Waals surface area contributed by atoms with Gasteiger partial charge in [-0.2, -0.15) is 0 Å². The number of nitrogens with one attached hydrogen (secondary N) is 1. The molecule has 3 heterocycles. The van der Waals surface area contributed by atoms with E-state index in [-0.39, 0.29) is 12.0 Å². The first-order valence-corrected chi connectivity index (χ1v) is 8.33. The van der Waals surface area contributed by atoms with Crippen molar-refractivity contribution < 1.29 is 9.53 Å². The van der Waals surface area contributed by atoms with Crippen LogP contribution in [0.2, 0.25) is 0 Å². The molecule has 22 heavy (non-hydrogen) atoms. The van der Waals surface area contributed by atoms with Crippen molar-refractivity contribution in [2.75, 3.05) is 31.1 Å². The van der Waals surface area contributed by atoms with Crippen molar-refractivity contribution in [3.8, 4) is 0 Å². The van der Waals surface area contributed by atoms with Crippen LogP contribution in [0.25, 0.3) is 0 Å². The predicted octanol–water partition coefficient (Wildman–Crippen LogP) is 2.23. The van der Waals surface area contributed by atoms with E-state index in [0.29, 0.717) is 18.0 Å². The minimum atomic E-state index is -0.0378. The molecule has 1 amide bonds. The molecule has 1 aromatic rings. The van der Waals surface area contributed by atoms with Crippen molar-refractivity contribution in [1.82, 2.24) is 10.3 Å². The van der Waals surface area contributed by atoms with Gasteiger partial charge in [-0.05, 0) is 43.7 Å². The number of carbonyl (C=O) groups excluding carboxylic acids is 1. The Balaban J connectivity index is 1.61. The number of piperidine rings is 1. The maximum atomic E-state index is 12.3. The van der Waals surface area contributed by atoms with Gasteiger partial charge in [-0.1, -0.05) is 6.92 Å². The van der Waals surface area contributed by atoms with Gasteiger partial charge < -0.3 is 15.0 Å². The maximum Gasteiger partial charge on any atom is 0.251 e. The smallest absolute Gasteiger partial charge is 0.251 e. The quantitative estimate of drug-likeness (QED) is 0.927. The van der Waals surface area contributed by atoms with Gasteiger partial charge in [-0.15, -0.1) is 0 Å². The van der Waals surface area contributed by atoms with Crippen LogP contribution in [0.15, 0.2) is 18.3 Å². The van der Waals surface area contributed by atoms with Crippen molar-refractivity contribution in [2.45, 2.75) is 38.7 Å². The molecule has 2 saturated heterocycles. The van der Waals surface area contributed by atoms with Gasteiger partial charge in [0.2, 0.25) is 0 Å². The summed E-state index contributed by atoms with van der Waals surface area (Å²) in [5, 5.41) is 2.97. The summed E-state index contributed by atoms with van der Waals surface area (Å²) in [5.74, 6) is 1.56. The standard InChI is InChI=1S/C17H25N3O2/c1-13-4-2-8-20(12-13)16-10-14(6-7-18-16)17(21)19-11-15-5-3-9-22-15/h6-7,10,13,15H,2-5,8-9,11-12H2,1H3,(H,19,21). The molecule has 2 unspecified atom stereocenters. The fraction of sp³-hybridized carbons (Fsp3) is 0.647. The summed E-state index contributed by atoms with van der Waals surface area (Å²) < 4.78 is 5.53. The number of rotatable bonds is 4. The molecule has 1 aromatic heterocycles. The number of amides is 1.